The molecular formula is C29H38N4O3. The molecule has 0 aliphatic carbocycles. The van der Waals surface area contributed by atoms with E-state index in [1.165, 1.54) is 0 Å². The highest BCUT2D eigenvalue weighted by Gasteiger charge is 2.22. The average Bonchev–Trinajstić information content (AvgIpc) is 3.30. The molecule has 0 radical (unpaired) electrons. The van der Waals surface area contributed by atoms with E-state index in [-0.39, 0.29) is 17.7 Å². The Morgan fingerprint density at radius 2 is 1.67 bits per heavy atom. The van der Waals surface area contributed by atoms with Crippen LogP contribution in [0.4, 0.5) is 11.4 Å². The molecule has 2 aromatic rings. The first-order chi connectivity index (χ1) is 17.5. The Hall–Kier alpha value is -3.19. The van der Waals surface area contributed by atoms with Gasteiger partial charge in [0.2, 0.25) is 17.7 Å². The van der Waals surface area contributed by atoms with Crippen molar-refractivity contribution in [1.82, 2.24) is 10.2 Å². The Balaban J connectivity index is 1.41. The van der Waals surface area contributed by atoms with E-state index in [4.69, 9.17) is 0 Å². The summed E-state index contributed by atoms with van der Waals surface area (Å²) in [6, 6.07) is 15.9. The monoisotopic (exact) mass is 490 g/mol. The third kappa shape index (κ3) is 6.94. The lowest BCUT2D eigenvalue weighted by Gasteiger charge is -2.28. The highest BCUT2D eigenvalue weighted by Crippen LogP contribution is 2.25. The van der Waals surface area contributed by atoms with Gasteiger partial charge < -0.3 is 15.1 Å². The summed E-state index contributed by atoms with van der Waals surface area (Å²) in [4.78, 5) is 43.3. The van der Waals surface area contributed by atoms with Crippen LogP contribution in [0, 0.1) is 0 Å². The minimum atomic E-state index is -0.0225. The van der Waals surface area contributed by atoms with Gasteiger partial charge in [0.15, 0.2) is 0 Å². The number of hydrogen-bond acceptors (Lipinski definition) is 4. The molecule has 1 N–H and O–H groups in total. The maximum atomic E-state index is 13.0. The van der Waals surface area contributed by atoms with Crippen molar-refractivity contribution in [2.45, 2.75) is 65.0 Å². The van der Waals surface area contributed by atoms with E-state index < -0.39 is 0 Å². The number of amides is 3. The number of fused-ring (bicyclic) bond motifs is 1. The Kier molecular flexibility index (Phi) is 9.11. The highest BCUT2D eigenvalue weighted by molar-refractivity contribution is 5.95. The molecule has 3 amide bonds. The first kappa shape index (κ1) is 25.9. The van der Waals surface area contributed by atoms with Crippen LogP contribution in [0.25, 0.3) is 0 Å². The zero-order chi connectivity index (χ0) is 25.3. The van der Waals surface area contributed by atoms with E-state index in [1.807, 2.05) is 52.3 Å². The largest absolute Gasteiger partial charge is 0.351 e. The Morgan fingerprint density at radius 3 is 2.44 bits per heavy atom. The van der Waals surface area contributed by atoms with Gasteiger partial charge in [0.25, 0.3) is 0 Å². The number of hydrogen-bond donors (Lipinski definition) is 1. The van der Waals surface area contributed by atoms with Crippen molar-refractivity contribution in [2.75, 3.05) is 36.0 Å². The van der Waals surface area contributed by atoms with Crippen LogP contribution in [0.5, 0.6) is 0 Å². The molecule has 2 heterocycles. The minimum Gasteiger partial charge on any atom is -0.351 e. The van der Waals surface area contributed by atoms with Crippen LogP contribution >= 0.6 is 0 Å². The van der Waals surface area contributed by atoms with E-state index in [9.17, 15) is 14.4 Å². The van der Waals surface area contributed by atoms with Gasteiger partial charge in [-0.15, -0.1) is 0 Å². The number of carbonyl (C=O) groups is 3. The van der Waals surface area contributed by atoms with E-state index in [1.54, 1.807) is 6.92 Å². The van der Waals surface area contributed by atoms with Crippen molar-refractivity contribution in [3.63, 3.8) is 0 Å². The summed E-state index contributed by atoms with van der Waals surface area (Å²) < 4.78 is 0. The molecule has 0 unspecified atom stereocenters. The molecule has 0 aromatic heterocycles. The second-order valence-corrected chi connectivity index (χ2v) is 9.87. The van der Waals surface area contributed by atoms with Gasteiger partial charge in [0.05, 0.1) is 6.54 Å². The summed E-state index contributed by atoms with van der Waals surface area (Å²) in [5.41, 5.74) is 3.91. The molecule has 0 spiro atoms. The van der Waals surface area contributed by atoms with Crippen LogP contribution in [-0.4, -0.2) is 48.8 Å². The average molecular weight is 491 g/mol. The van der Waals surface area contributed by atoms with Crippen molar-refractivity contribution < 1.29 is 14.4 Å². The second kappa shape index (κ2) is 12.7. The molecular weight excluding hydrogens is 452 g/mol. The number of nitrogens with zero attached hydrogens (tertiary/aromatic N) is 3. The molecule has 7 nitrogen and oxygen atoms in total. The lowest BCUT2D eigenvalue weighted by Crippen LogP contribution is -2.38. The SMILES string of the molecule is CC(=O)N1CCCCCCCN(CC(=O)NCc2cccc(N3CCCC3=O)c2)Cc2ccccc21. The van der Waals surface area contributed by atoms with Crippen molar-refractivity contribution in [3.8, 4) is 0 Å². The lowest BCUT2D eigenvalue weighted by molar-refractivity contribution is -0.122. The van der Waals surface area contributed by atoms with Gasteiger partial charge in [0.1, 0.15) is 0 Å². The Bertz CT molecular complexity index is 1070. The summed E-state index contributed by atoms with van der Waals surface area (Å²) in [7, 11) is 0. The maximum absolute atomic E-state index is 13.0. The molecule has 192 valence electrons. The van der Waals surface area contributed by atoms with Crippen molar-refractivity contribution in [2.24, 2.45) is 0 Å². The zero-order valence-corrected chi connectivity index (χ0v) is 21.4. The van der Waals surface area contributed by atoms with Crippen LogP contribution in [0.3, 0.4) is 0 Å². The first-order valence-electron chi connectivity index (χ1n) is 13.3. The molecule has 1 saturated heterocycles. The maximum Gasteiger partial charge on any atom is 0.234 e. The number of rotatable bonds is 5. The summed E-state index contributed by atoms with van der Waals surface area (Å²) in [6.07, 6.45) is 6.93. The van der Waals surface area contributed by atoms with Gasteiger partial charge in [0, 0.05) is 50.9 Å². The Morgan fingerprint density at radius 1 is 0.889 bits per heavy atom. The normalized spacial score (nSPS) is 17.8. The van der Waals surface area contributed by atoms with E-state index in [2.05, 4.69) is 16.3 Å². The van der Waals surface area contributed by atoms with Crippen molar-refractivity contribution in [1.29, 1.82) is 0 Å². The van der Waals surface area contributed by atoms with E-state index >= 15 is 0 Å². The quantitative estimate of drug-likeness (QED) is 0.680. The molecule has 2 aromatic carbocycles. The highest BCUT2D eigenvalue weighted by atomic mass is 16.2. The summed E-state index contributed by atoms with van der Waals surface area (Å²) in [5, 5.41) is 3.06. The van der Waals surface area contributed by atoms with Gasteiger partial charge in [-0.1, -0.05) is 49.6 Å². The molecule has 2 aliphatic heterocycles. The van der Waals surface area contributed by atoms with Crippen LogP contribution in [0.2, 0.25) is 0 Å². The van der Waals surface area contributed by atoms with Crippen LogP contribution < -0.4 is 15.1 Å². The zero-order valence-electron chi connectivity index (χ0n) is 21.4. The second-order valence-electron chi connectivity index (χ2n) is 9.87. The molecule has 2 aliphatic rings. The summed E-state index contributed by atoms with van der Waals surface area (Å²) in [6.45, 7) is 5.31. The van der Waals surface area contributed by atoms with Gasteiger partial charge in [-0.25, -0.2) is 0 Å². The van der Waals surface area contributed by atoms with Crippen molar-refractivity contribution in [3.05, 3.63) is 59.7 Å². The summed E-state index contributed by atoms with van der Waals surface area (Å²) in [5.74, 6) is 0.197. The molecule has 1 fully saturated rings. The topological polar surface area (TPSA) is 73.0 Å². The number of para-hydroxylation sites is 1. The van der Waals surface area contributed by atoms with Gasteiger partial charge in [-0.05, 0) is 55.1 Å². The molecule has 0 atom stereocenters. The smallest absolute Gasteiger partial charge is 0.234 e. The fourth-order valence-corrected chi connectivity index (χ4v) is 5.16. The standard InChI is InChI=1S/C29H38N4O3/c1-23(34)32-17-8-4-2-3-7-16-31(21-25-12-5-6-14-27(25)32)22-28(35)30-20-24-11-9-13-26(19-24)33-18-10-15-29(33)36/h5-6,9,11-14,19H,2-4,7-8,10,15-18,20-22H2,1H3,(H,30,35). The minimum absolute atomic E-state index is 0.0225. The van der Waals surface area contributed by atoms with Gasteiger partial charge >= 0.3 is 0 Å². The first-order valence-corrected chi connectivity index (χ1v) is 13.3. The molecule has 7 heteroatoms. The molecule has 0 bridgehead atoms. The lowest BCUT2D eigenvalue weighted by atomic mass is 10.1. The predicted octanol–water partition coefficient (Wildman–Crippen LogP) is 4.25. The van der Waals surface area contributed by atoms with Crippen LogP contribution in [0.1, 0.15) is 63.0 Å². The third-order valence-electron chi connectivity index (χ3n) is 7.07. The summed E-state index contributed by atoms with van der Waals surface area (Å²) >= 11 is 0. The van der Waals surface area contributed by atoms with E-state index in [0.29, 0.717) is 26.1 Å². The van der Waals surface area contributed by atoms with Crippen LogP contribution in [0.15, 0.2) is 48.5 Å². The van der Waals surface area contributed by atoms with Gasteiger partial charge in [-0.3, -0.25) is 19.3 Å². The van der Waals surface area contributed by atoms with E-state index in [0.717, 1.165) is 80.7 Å². The van der Waals surface area contributed by atoms with Crippen molar-refractivity contribution >= 4 is 29.1 Å². The Labute approximate surface area is 214 Å². The van der Waals surface area contributed by atoms with Gasteiger partial charge in [-0.2, -0.15) is 0 Å². The number of benzene rings is 2. The number of carbonyl (C=O) groups excluding carboxylic acids is 3. The number of nitrogens with one attached hydrogen (secondary N) is 1. The molecule has 0 saturated carbocycles. The predicted molar refractivity (Wildman–Crippen MR) is 143 cm³/mol. The molecule has 36 heavy (non-hydrogen) atoms. The third-order valence-corrected chi connectivity index (χ3v) is 7.07. The fourth-order valence-electron chi connectivity index (χ4n) is 5.16. The molecule has 4 rings (SSSR count). The fraction of sp³-hybridized carbons (Fsp3) is 0.483. The number of anilines is 2. The van der Waals surface area contributed by atoms with Crippen LogP contribution in [-0.2, 0) is 27.5 Å².